The van der Waals surface area contributed by atoms with E-state index in [0.29, 0.717) is 24.3 Å². The van der Waals surface area contributed by atoms with E-state index in [1.807, 2.05) is 0 Å². The van der Waals surface area contributed by atoms with Crippen LogP contribution in [0.15, 0.2) is 18.2 Å². The van der Waals surface area contributed by atoms with Crippen molar-refractivity contribution >= 4 is 11.9 Å². The summed E-state index contributed by atoms with van der Waals surface area (Å²) in [6.07, 6.45) is 0.465. The highest BCUT2D eigenvalue weighted by Gasteiger charge is 2.21. The monoisotopic (exact) mass is 281 g/mol. The topological polar surface area (TPSA) is 87.1 Å². The predicted octanol–water partition coefficient (Wildman–Crippen LogP) is 1.69. The summed E-state index contributed by atoms with van der Waals surface area (Å²) in [5.41, 5.74) is 0.798. The van der Waals surface area contributed by atoms with Gasteiger partial charge in [-0.15, -0.1) is 0 Å². The van der Waals surface area contributed by atoms with Crippen molar-refractivity contribution in [1.29, 1.82) is 0 Å². The van der Waals surface area contributed by atoms with Crippen molar-refractivity contribution in [2.45, 2.75) is 25.9 Å². The van der Waals surface area contributed by atoms with Gasteiger partial charge in [0, 0.05) is 12.1 Å². The zero-order valence-corrected chi connectivity index (χ0v) is 11.8. The molecule has 0 saturated carbocycles. The third-order valence-corrected chi connectivity index (χ3v) is 3.15. The number of benzene rings is 1. The summed E-state index contributed by atoms with van der Waals surface area (Å²) >= 11 is 0. The number of hydrogen-bond donors (Lipinski definition) is 2. The van der Waals surface area contributed by atoms with Crippen molar-refractivity contribution in [2.24, 2.45) is 0 Å². The Labute approximate surface area is 117 Å². The van der Waals surface area contributed by atoms with E-state index in [4.69, 9.17) is 14.9 Å². The van der Waals surface area contributed by atoms with Gasteiger partial charge < -0.3 is 14.9 Å². The van der Waals surface area contributed by atoms with Crippen LogP contribution in [0.4, 0.5) is 0 Å². The fourth-order valence-electron chi connectivity index (χ4n) is 2.09. The summed E-state index contributed by atoms with van der Waals surface area (Å²) in [7, 11) is 3.18. The van der Waals surface area contributed by atoms with Crippen molar-refractivity contribution in [3.05, 3.63) is 29.3 Å². The zero-order valence-electron chi connectivity index (χ0n) is 11.8. The minimum absolute atomic E-state index is 0.151. The van der Waals surface area contributed by atoms with Crippen LogP contribution in [0.2, 0.25) is 0 Å². The second kappa shape index (κ2) is 6.91. The first-order valence-corrected chi connectivity index (χ1v) is 6.24. The summed E-state index contributed by atoms with van der Waals surface area (Å²) in [4.78, 5) is 23.8. The summed E-state index contributed by atoms with van der Waals surface area (Å²) in [6.45, 7) is 2.09. The Bertz CT molecular complexity index is 500. The molecule has 0 fully saturated rings. The number of rotatable bonds is 7. The Hall–Kier alpha value is -2.08. The summed E-state index contributed by atoms with van der Waals surface area (Å²) in [6, 6.07) is 3.92. The molecule has 0 bridgehead atoms. The van der Waals surface area contributed by atoms with E-state index in [2.05, 4.69) is 0 Å². The van der Waals surface area contributed by atoms with Gasteiger partial charge in [-0.2, -0.15) is 0 Å². The first-order valence-electron chi connectivity index (χ1n) is 6.24. The molecule has 0 saturated heterocycles. The Morgan fingerprint density at radius 2 is 2.00 bits per heavy atom. The van der Waals surface area contributed by atoms with Gasteiger partial charge in [0.1, 0.15) is 11.8 Å². The lowest BCUT2D eigenvalue weighted by atomic mass is 10.1. The van der Waals surface area contributed by atoms with Crippen LogP contribution >= 0.6 is 0 Å². The van der Waals surface area contributed by atoms with Gasteiger partial charge in [0.05, 0.1) is 12.7 Å². The third-order valence-electron chi connectivity index (χ3n) is 3.15. The van der Waals surface area contributed by atoms with E-state index in [1.54, 1.807) is 24.9 Å². The molecule has 0 aliphatic rings. The Morgan fingerprint density at radius 3 is 2.45 bits per heavy atom. The highest BCUT2D eigenvalue weighted by Crippen LogP contribution is 2.22. The predicted molar refractivity (Wildman–Crippen MR) is 73.1 cm³/mol. The van der Waals surface area contributed by atoms with Gasteiger partial charge in [-0.3, -0.25) is 9.69 Å². The number of hydrogen-bond acceptors (Lipinski definition) is 4. The van der Waals surface area contributed by atoms with Gasteiger partial charge in [-0.05, 0) is 31.7 Å². The minimum atomic E-state index is -1.03. The maximum absolute atomic E-state index is 11.1. The smallest absolute Gasteiger partial charge is 0.335 e. The number of methoxy groups -OCH3 is 1. The number of aromatic carboxylic acids is 1. The molecule has 0 heterocycles. The number of aliphatic carboxylic acids is 1. The molecule has 20 heavy (non-hydrogen) atoms. The average molecular weight is 281 g/mol. The average Bonchev–Trinajstić information content (AvgIpc) is 2.38. The molecule has 6 nitrogen and oxygen atoms in total. The second-order valence-corrected chi connectivity index (χ2v) is 4.51. The first kappa shape index (κ1) is 16.0. The molecule has 0 aliphatic heterocycles. The van der Waals surface area contributed by atoms with E-state index in [9.17, 15) is 9.59 Å². The molecule has 1 aromatic carbocycles. The van der Waals surface area contributed by atoms with Crippen molar-refractivity contribution in [3.8, 4) is 5.75 Å². The van der Waals surface area contributed by atoms with Crippen molar-refractivity contribution in [1.82, 2.24) is 4.90 Å². The van der Waals surface area contributed by atoms with Crippen LogP contribution in [0.3, 0.4) is 0 Å². The fraction of sp³-hybridized carbons (Fsp3) is 0.429. The van der Waals surface area contributed by atoms with E-state index >= 15 is 0 Å². The van der Waals surface area contributed by atoms with Crippen LogP contribution in [0.5, 0.6) is 5.75 Å². The quantitative estimate of drug-likeness (QED) is 0.791. The molecule has 0 aliphatic carbocycles. The van der Waals surface area contributed by atoms with E-state index in [1.165, 1.54) is 19.2 Å². The number of carboxylic acids is 2. The molecular weight excluding hydrogens is 262 g/mol. The molecule has 110 valence electrons. The first-order chi connectivity index (χ1) is 9.40. The van der Waals surface area contributed by atoms with Crippen LogP contribution < -0.4 is 4.74 Å². The number of carboxylic acid groups (broad SMARTS) is 2. The van der Waals surface area contributed by atoms with E-state index in [-0.39, 0.29) is 5.56 Å². The van der Waals surface area contributed by atoms with Crippen LogP contribution in [0, 0.1) is 0 Å². The van der Waals surface area contributed by atoms with Gasteiger partial charge in [-0.25, -0.2) is 4.79 Å². The molecule has 0 radical (unpaired) electrons. The largest absolute Gasteiger partial charge is 0.496 e. The van der Waals surface area contributed by atoms with E-state index in [0.717, 1.165) is 0 Å². The Kier molecular flexibility index (Phi) is 5.52. The zero-order chi connectivity index (χ0) is 15.3. The van der Waals surface area contributed by atoms with Crippen LogP contribution in [0.25, 0.3) is 0 Å². The van der Waals surface area contributed by atoms with Crippen LogP contribution in [-0.4, -0.2) is 47.3 Å². The number of likely N-dealkylation sites (N-methyl/N-ethyl adjacent to an activating group) is 1. The van der Waals surface area contributed by atoms with Gasteiger partial charge >= 0.3 is 11.9 Å². The molecular formula is C14H19NO5. The van der Waals surface area contributed by atoms with Gasteiger partial charge in [0.2, 0.25) is 0 Å². The Morgan fingerprint density at radius 1 is 1.35 bits per heavy atom. The Balaban J connectivity index is 3.02. The lowest BCUT2D eigenvalue weighted by Crippen LogP contribution is -2.37. The number of ether oxygens (including phenoxy) is 1. The molecule has 0 unspecified atom stereocenters. The molecule has 1 rings (SSSR count). The van der Waals surface area contributed by atoms with Crippen molar-refractivity contribution in [2.75, 3.05) is 14.2 Å². The van der Waals surface area contributed by atoms with E-state index < -0.39 is 18.0 Å². The molecule has 0 amide bonds. The van der Waals surface area contributed by atoms with Crippen molar-refractivity contribution in [3.63, 3.8) is 0 Å². The SMILES string of the molecule is CC[C@@H](C(=O)O)N(C)Cc1cc(C(=O)O)ccc1OC. The maximum atomic E-state index is 11.1. The number of nitrogens with zero attached hydrogens (tertiary/aromatic N) is 1. The summed E-state index contributed by atoms with van der Waals surface area (Å²) in [5.74, 6) is -1.38. The van der Waals surface area contributed by atoms with Crippen molar-refractivity contribution < 1.29 is 24.5 Å². The molecule has 1 aromatic rings. The highest BCUT2D eigenvalue weighted by atomic mass is 16.5. The standard InChI is InChI=1S/C14H19NO5/c1-4-11(14(18)19)15(2)8-10-7-9(13(16)17)5-6-12(10)20-3/h5-7,11H,4,8H2,1-3H3,(H,16,17)(H,18,19)/t11-/m0/s1. The maximum Gasteiger partial charge on any atom is 0.335 e. The lowest BCUT2D eigenvalue weighted by Gasteiger charge is -2.24. The summed E-state index contributed by atoms with van der Waals surface area (Å²) < 4.78 is 5.19. The normalized spacial score (nSPS) is 12.2. The minimum Gasteiger partial charge on any atom is -0.496 e. The van der Waals surface area contributed by atoms with Gasteiger partial charge in [0.15, 0.2) is 0 Å². The molecule has 0 spiro atoms. The van der Waals surface area contributed by atoms with Gasteiger partial charge in [-0.1, -0.05) is 6.92 Å². The third kappa shape index (κ3) is 3.71. The number of carbonyl (C=O) groups is 2. The van der Waals surface area contributed by atoms with Crippen LogP contribution in [0.1, 0.15) is 29.3 Å². The lowest BCUT2D eigenvalue weighted by molar-refractivity contribution is -0.143. The summed E-state index contributed by atoms with van der Waals surface area (Å²) in [5, 5.41) is 18.1. The molecule has 0 aromatic heterocycles. The molecule has 1 atom stereocenters. The highest BCUT2D eigenvalue weighted by molar-refractivity contribution is 5.88. The second-order valence-electron chi connectivity index (χ2n) is 4.51. The fourth-order valence-corrected chi connectivity index (χ4v) is 2.09. The molecule has 6 heteroatoms. The van der Waals surface area contributed by atoms with Crippen LogP contribution in [-0.2, 0) is 11.3 Å². The molecule has 2 N–H and O–H groups in total. The van der Waals surface area contributed by atoms with Gasteiger partial charge in [0.25, 0.3) is 0 Å².